The van der Waals surface area contributed by atoms with Gasteiger partial charge in [-0.3, -0.25) is 0 Å². The van der Waals surface area contributed by atoms with Crippen molar-refractivity contribution in [3.8, 4) is 0 Å². The summed E-state index contributed by atoms with van der Waals surface area (Å²) < 4.78 is 28.4. The molecule has 0 unspecified atom stereocenters. The van der Waals surface area contributed by atoms with Gasteiger partial charge in [-0.15, -0.1) is 0 Å². The zero-order valence-corrected chi connectivity index (χ0v) is 10.6. The van der Waals surface area contributed by atoms with E-state index >= 15 is 0 Å². The van der Waals surface area contributed by atoms with E-state index in [2.05, 4.69) is 4.74 Å². The summed E-state index contributed by atoms with van der Waals surface area (Å²) in [6.07, 6.45) is -1.82. The molecule has 96 valence electrons. The summed E-state index contributed by atoms with van der Waals surface area (Å²) in [6, 6.07) is 8.37. The number of hydrogen-bond acceptors (Lipinski definition) is 5. The highest BCUT2D eigenvalue weighted by molar-refractivity contribution is 7.94. The number of carbonyl (C=O) groups excluding carboxylic acids is 1. The molecule has 5 nitrogen and oxygen atoms in total. The molecule has 0 aliphatic carbocycles. The monoisotopic (exact) mass is 288 g/mol. The molecule has 1 N–H and O–H groups in total. The SMILES string of the molecule is O=C1O[C@H](O)C(S(=O)(=O)Cc2ccccc2)=C1Cl. The summed E-state index contributed by atoms with van der Waals surface area (Å²) in [6.45, 7) is 0. The molecule has 7 heteroatoms. The van der Waals surface area contributed by atoms with Crippen molar-refractivity contribution in [3.05, 3.63) is 45.8 Å². The van der Waals surface area contributed by atoms with Gasteiger partial charge in [0.25, 0.3) is 0 Å². The Labute approximate surface area is 109 Å². The maximum Gasteiger partial charge on any atom is 0.353 e. The number of carbonyl (C=O) groups is 1. The minimum absolute atomic E-state index is 0.354. The molecule has 1 aliphatic heterocycles. The van der Waals surface area contributed by atoms with E-state index < -0.39 is 32.0 Å². The molecular weight excluding hydrogens is 280 g/mol. The van der Waals surface area contributed by atoms with E-state index in [-0.39, 0.29) is 5.75 Å². The summed E-state index contributed by atoms with van der Waals surface area (Å²) in [5.41, 5.74) is 0.529. The van der Waals surface area contributed by atoms with Gasteiger partial charge in [-0.1, -0.05) is 41.9 Å². The van der Waals surface area contributed by atoms with Crippen LogP contribution in [0.1, 0.15) is 5.56 Å². The van der Waals surface area contributed by atoms with Gasteiger partial charge in [-0.2, -0.15) is 0 Å². The van der Waals surface area contributed by atoms with Crippen LogP contribution in [0.3, 0.4) is 0 Å². The van der Waals surface area contributed by atoms with Crippen LogP contribution in [0.4, 0.5) is 0 Å². The number of ether oxygens (including phenoxy) is 1. The molecule has 0 bridgehead atoms. The highest BCUT2D eigenvalue weighted by Gasteiger charge is 2.39. The molecule has 0 saturated carbocycles. The third-order valence-corrected chi connectivity index (χ3v) is 4.63. The van der Waals surface area contributed by atoms with Gasteiger partial charge in [-0.05, 0) is 5.56 Å². The Balaban J connectivity index is 2.36. The van der Waals surface area contributed by atoms with Crippen LogP contribution in [0, 0.1) is 0 Å². The van der Waals surface area contributed by atoms with Gasteiger partial charge in [0.05, 0.1) is 5.75 Å². The zero-order valence-electron chi connectivity index (χ0n) is 9.04. The van der Waals surface area contributed by atoms with E-state index in [1.54, 1.807) is 30.3 Å². The second kappa shape index (κ2) is 4.72. The van der Waals surface area contributed by atoms with Crippen molar-refractivity contribution in [2.75, 3.05) is 0 Å². The van der Waals surface area contributed by atoms with E-state index in [0.29, 0.717) is 5.56 Å². The molecule has 18 heavy (non-hydrogen) atoms. The number of aliphatic hydroxyl groups excluding tert-OH is 1. The molecule has 1 aromatic rings. The van der Waals surface area contributed by atoms with E-state index in [1.165, 1.54) is 0 Å². The van der Waals surface area contributed by atoms with Gasteiger partial charge < -0.3 is 9.84 Å². The van der Waals surface area contributed by atoms with Crippen LogP contribution in [0.25, 0.3) is 0 Å². The minimum Gasteiger partial charge on any atom is -0.426 e. The van der Waals surface area contributed by atoms with Crippen LogP contribution in [0.2, 0.25) is 0 Å². The van der Waals surface area contributed by atoms with E-state index in [9.17, 15) is 18.3 Å². The Hall–Kier alpha value is -1.37. The molecule has 1 heterocycles. The Bertz CT molecular complexity index is 606. The van der Waals surface area contributed by atoms with Crippen molar-refractivity contribution in [1.82, 2.24) is 0 Å². The lowest BCUT2D eigenvalue weighted by Gasteiger charge is -2.08. The Morgan fingerprint density at radius 2 is 1.89 bits per heavy atom. The molecule has 2 rings (SSSR count). The predicted molar refractivity (Wildman–Crippen MR) is 64.0 cm³/mol. The Morgan fingerprint density at radius 3 is 2.39 bits per heavy atom. The Morgan fingerprint density at radius 1 is 1.28 bits per heavy atom. The number of benzene rings is 1. The van der Waals surface area contributed by atoms with Crippen LogP contribution in [0.5, 0.6) is 0 Å². The first kappa shape index (κ1) is 13.1. The molecule has 1 aromatic carbocycles. The summed E-state index contributed by atoms with van der Waals surface area (Å²) in [5, 5.41) is 8.79. The molecule has 0 aromatic heterocycles. The first-order valence-electron chi connectivity index (χ1n) is 4.97. The molecule has 0 fully saturated rings. The normalized spacial score (nSPS) is 20.1. The van der Waals surface area contributed by atoms with Crippen molar-refractivity contribution in [2.24, 2.45) is 0 Å². The number of cyclic esters (lactones) is 1. The number of halogens is 1. The van der Waals surface area contributed by atoms with Gasteiger partial charge in [-0.25, -0.2) is 13.2 Å². The first-order valence-corrected chi connectivity index (χ1v) is 7.00. The average molecular weight is 289 g/mol. The molecule has 0 spiro atoms. The van der Waals surface area contributed by atoms with Gasteiger partial charge >= 0.3 is 5.97 Å². The lowest BCUT2D eigenvalue weighted by Crippen LogP contribution is -2.18. The van der Waals surface area contributed by atoms with Crippen LogP contribution in [-0.4, -0.2) is 25.8 Å². The second-order valence-corrected chi connectivity index (χ2v) is 6.02. The van der Waals surface area contributed by atoms with Crippen LogP contribution in [-0.2, 0) is 25.1 Å². The van der Waals surface area contributed by atoms with E-state index in [4.69, 9.17) is 11.6 Å². The second-order valence-electron chi connectivity index (χ2n) is 3.68. The minimum atomic E-state index is -3.89. The van der Waals surface area contributed by atoms with Gasteiger partial charge in [0.1, 0.15) is 9.94 Å². The standard InChI is InChI=1S/C11H9ClO5S/c12-8-9(11(14)17-10(8)13)18(15,16)6-7-4-2-1-3-5-7/h1-5,11,14H,6H2/t11-/m0/s1. The fourth-order valence-electron chi connectivity index (χ4n) is 1.58. The molecule has 0 radical (unpaired) electrons. The van der Waals surface area contributed by atoms with Gasteiger partial charge in [0.15, 0.2) is 9.84 Å². The van der Waals surface area contributed by atoms with Gasteiger partial charge in [0, 0.05) is 0 Å². The van der Waals surface area contributed by atoms with Crippen molar-refractivity contribution >= 4 is 27.4 Å². The van der Waals surface area contributed by atoms with E-state index in [0.717, 1.165) is 0 Å². The highest BCUT2D eigenvalue weighted by atomic mass is 35.5. The molecule has 1 atom stereocenters. The van der Waals surface area contributed by atoms with Crippen LogP contribution in [0.15, 0.2) is 40.3 Å². The third kappa shape index (κ3) is 2.40. The number of sulfone groups is 1. The summed E-state index contributed by atoms with van der Waals surface area (Å²) in [5.74, 6) is -1.39. The quantitative estimate of drug-likeness (QED) is 0.837. The van der Waals surface area contributed by atoms with Crippen LogP contribution < -0.4 is 0 Å². The maximum absolute atomic E-state index is 12.0. The average Bonchev–Trinajstić information content (AvgIpc) is 2.54. The summed E-state index contributed by atoms with van der Waals surface area (Å²) >= 11 is 5.54. The van der Waals surface area contributed by atoms with Crippen molar-refractivity contribution < 1.29 is 23.1 Å². The zero-order chi connectivity index (χ0) is 13.3. The fourth-order valence-corrected chi connectivity index (χ4v) is 3.57. The largest absolute Gasteiger partial charge is 0.426 e. The third-order valence-electron chi connectivity index (χ3n) is 2.37. The summed E-state index contributed by atoms with van der Waals surface area (Å²) in [4.78, 5) is 10.5. The molecular formula is C11H9ClO5S. The lowest BCUT2D eigenvalue weighted by molar-refractivity contribution is -0.150. The van der Waals surface area contributed by atoms with Crippen molar-refractivity contribution in [3.63, 3.8) is 0 Å². The smallest absolute Gasteiger partial charge is 0.353 e. The van der Waals surface area contributed by atoms with Crippen molar-refractivity contribution in [2.45, 2.75) is 12.0 Å². The van der Waals surface area contributed by atoms with Gasteiger partial charge in [0.2, 0.25) is 6.29 Å². The molecule has 0 amide bonds. The first-order chi connectivity index (χ1) is 8.42. The lowest BCUT2D eigenvalue weighted by atomic mass is 10.2. The van der Waals surface area contributed by atoms with E-state index in [1.807, 2.05) is 0 Å². The predicted octanol–water partition coefficient (Wildman–Crippen LogP) is 0.927. The molecule has 1 aliphatic rings. The van der Waals surface area contributed by atoms with Crippen molar-refractivity contribution in [1.29, 1.82) is 0 Å². The number of aliphatic hydroxyl groups is 1. The number of rotatable bonds is 3. The summed E-state index contributed by atoms with van der Waals surface area (Å²) in [7, 11) is -3.89. The highest BCUT2D eigenvalue weighted by Crippen LogP contribution is 2.30. The molecule has 0 saturated heterocycles. The Kier molecular flexibility index (Phi) is 3.43. The number of hydrogen-bond donors (Lipinski definition) is 1. The topological polar surface area (TPSA) is 80.7 Å². The maximum atomic E-state index is 12.0. The fraction of sp³-hybridized carbons (Fsp3) is 0.182. The van der Waals surface area contributed by atoms with Crippen LogP contribution >= 0.6 is 11.6 Å². The number of esters is 1.